The van der Waals surface area contributed by atoms with Crippen molar-refractivity contribution in [2.45, 2.75) is 31.4 Å². The number of methoxy groups -OCH3 is 1. The fourth-order valence-corrected chi connectivity index (χ4v) is 4.20. The Morgan fingerprint density at radius 2 is 2.04 bits per heavy atom. The molecule has 4 nitrogen and oxygen atoms in total. The first-order chi connectivity index (χ1) is 11.1. The van der Waals surface area contributed by atoms with Crippen molar-refractivity contribution in [3.8, 4) is 0 Å². The van der Waals surface area contributed by atoms with Crippen LogP contribution in [0.3, 0.4) is 0 Å². The number of ether oxygens (including phenoxy) is 2. The number of nitrogens with zero attached hydrogens (tertiary/aromatic N) is 1. The smallest absolute Gasteiger partial charge is 0.314 e. The molecular formula is C19H25NO3. The zero-order valence-corrected chi connectivity index (χ0v) is 13.9. The van der Waals surface area contributed by atoms with Crippen molar-refractivity contribution in [2.75, 3.05) is 20.7 Å². The Hall–Kier alpha value is -1.81. The van der Waals surface area contributed by atoms with Crippen molar-refractivity contribution in [1.29, 1.82) is 0 Å². The molecule has 1 aromatic carbocycles. The van der Waals surface area contributed by atoms with Gasteiger partial charge in [-0.3, -0.25) is 4.79 Å². The summed E-state index contributed by atoms with van der Waals surface area (Å²) in [5.41, 5.74) is 0.958. The van der Waals surface area contributed by atoms with Gasteiger partial charge in [0.1, 0.15) is 17.8 Å². The number of likely N-dealkylation sites (tertiary alicyclic amines) is 1. The summed E-state index contributed by atoms with van der Waals surface area (Å²) in [4.78, 5) is 14.7. The lowest BCUT2D eigenvalue weighted by atomic mass is 9.89. The molecule has 0 spiro atoms. The minimum absolute atomic E-state index is 0.161. The number of hydrogen-bond donors (Lipinski definition) is 0. The fraction of sp³-hybridized carbons (Fsp3) is 0.526. The van der Waals surface area contributed by atoms with Gasteiger partial charge in [0, 0.05) is 11.6 Å². The molecule has 0 radical (unpaired) electrons. The van der Waals surface area contributed by atoms with Crippen molar-refractivity contribution < 1.29 is 14.3 Å². The van der Waals surface area contributed by atoms with Crippen LogP contribution >= 0.6 is 0 Å². The summed E-state index contributed by atoms with van der Waals surface area (Å²) < 4.78 is 11.2. The molecule has 4 atom stereocenters. The number of rotatable bonds is 4. The van der Waals surface area contributed by atoms with Crippen LogP contribution in [0.5, 0.6) is 0 Å². The SMILES string of the molecule is C=C(OC1CC2CCCN(C)C2C1C(=O)OC)c1ccccc1. The van der Waals surface area contributed by atoms with Gasteiger partial charge in [-0.25, -0.2) is 0 Å². The zero-order chi connectivity index (χ0) is 16.4. The normalized spacial score (nSPS) is 30.5. The molecule has 124 valence electrons. The molecule has 1 saturated carbocycles. The third-order valence-electron chi connectivity index (χ3n) is 5.24. The van der Waals surface area contributed by atoms with Crippen molar-refractivity contribution >= 4 is 11.7 Å². The highest BCUT2D eigenvalue weighted by molar-refractivity contribution is 5.75. The summed E-state index contributed by atoms with van der Waals surface area (Å²) >= 11 is 0. The maximum absolute atomic E-state index is 12.4. The largest absolute Gasteiger partial charge is 0.489 e. The van der Waals surface area contributed by atoms with E-state index >= 15 is 0 Å². The van der Waals surface area contributed by atoms with E-state index < -0.39 is 0 Å². The maximum atomic E-state index is 12.4. The number of carbonyl (C=O) groups excluding carboxylic acids is 1. The van der Waals surface area contributed by atoms with Gasteiger partial charge in [0.2, 0.25) is 0 Å². The minimum atomic E-state index is -0.240. The van der Waals surface area contributed by atoms with Gasteiger partial charge in [-0.05, 0) is 38.8 Å². The minimum Gasteiger partial charge on any atom is -0.489 e. The third-order valence-corrected chi connectivity index (χ3v) is 5.24. The second-order valence-corrected chi connectivity index (χ2v) is 6.60. The van der Waals surface area contributed by atoms with Crippen LogP contribution in [0.25, 0.3) is 5.76 Å². The van der Waals surface area contributed by atoms with Gasteiger partial charge < -0.3 is 14.4 Å². The lowest BCUT2D eigenvalue weighted by Crippen LogP contribution is -2.47. The average molecular weight is 315 g/mol. The highest BCUT2D eigenvalue weighted by Gasteiger charge is 2.51. The molecule has 4 heteroatoms. The Kier molecular flexibility index (Phi) is 4.71. The molecule has 23 heavy (non-hydrogen) atoms. The highest BCUT2D eigenvalue weighted by atomic mass is 16.5. The molecular weight excluding hydrogens is 290 g/mol. The molecule has 3 rings (SSSR count). The molecule has 1 heterocycles. The maximum Gasteiger partial charge on any atom is 0.314 e. The van der Waals surface area contributed by atoms with Gasteiger partial charge in [-0.2, -0.15) is 0 Å². The number of benzene rings is 1. The summed E-state index contributed by atoms with van der Waals surface area (Å²) in [6.07, 6.45) is 3.06. The number of piperidine rings is 1. The Bertz CT molecular complexity index is 571. The molecule has 1 aliphatic carbocycles. The van der Waals surface area contributed by atoms with Gasteiger partial charge in [0.15, 0.2) is 0 Å². The first-order valence-corrected chi connectivity index (χ1v) is 8.31. The summed E-state index contributed by atoms with van der Waals surface area (Å²) in [5, 5.41) is 0. The van der Waals surface area contributed by atoms with Gasteiger partial charge >= 0.3 is 5.97 Å². The molecule has 0 N–H and O–H groups in total. The van der Waals surface area contributed by atoms with Crippen LogP contribution in [-0.2, 0) is 14.3 Å². The second-order valence-electron chi connectivity index (χ2n) is 6.60. The Labute approximate surface area is 138 Å². The third kappa shape index (κ3) is 3.13. The van der Waals surface area contributed by atoms with Crippen LogP contribution < -0.4 is 0 Å². The van der Waals surface area contributed by atoms with Crippen LogP contribution in [0.4, 0.5) is 0 Å². The molecule has 1 aliphatic heterocycles. The molecule has 0 amide bonds. The van der Waals surface area contributed by atoms with Crippen LogP contribution in [0.15, 0.2) is 36.9 Å². The monoisotopic (exact) mass is 315 g/mol. The van der Waals surface area contributed by atoms with E-state index in [1.165, 1.54) is 13.5 Å². The van der Waals surface area contributed by atoms with Crippen molar-refractivity contribution in [2.24, 2.45) is 11.8 Å². The van der Waals surface area contributed by atoms with Gasteiger partial charge in [-0.1, -0.05) is 36.9 Å². The van der Waals surface area contributed by atoms with Crippen LogP contribution in [0, 0.1) is 11.8 Å². The number of hydrogen-bond acceptors (Lipinski definition) is 4. The first-order valence-electron chi connectivity index (χ1n) is 8.31. The van der Waals surface area contributed by atoms with E-state index in [-0.39, 0.29) is 24.0 Å². The number of esters is 1. The van der Waals surface area contributed by atoms with Crippen LogP contribution in [0.2, 0.25) is 0 Å². The predicted molar refractivity (Wildman–Crippen MR) is 89.6 cm³/mol. The molecule has 0 bridgehead atoms. The molecule has 1 aromatic rings. The topological polar surface area (TPSA) is 38.8 Å². The van der Waals surface area contributed by atoms with E-state index in [2.05, 4.69) is 18.5 Å². The van der Waals surface area contributed by atoms with Gasteiger partial charge in [0.25, 0.3) is 0 Å². The van der Waals surface area contributed by atoms with Crippen molar-refractivity contribution in [3.05, 3.63) is 42.5 Å². The Morgan fingerprint density at radius 1 is 1.30 bits per heavy atom. The molecule has 1 saturated heterocycles. The molecule has 4 unspecified atom stereocenters. The number of fused-ring (bicyclic) bond motifs is 1. The second kappa shape index (κ2) is 6.75. The highest BCUT2D eigenvalue weighted by Crippen LogP contribution is 2.43. The lowest BCUT2D eigenvalue weighted by molar-refractivity contribution is -0.150. The molecule has 0 aromatic heterocycles. The van der Waals surface area contributed by atoms with E-state index in [0.29, 0.717) is 11.7 Å². The summed E-state index contributed by atoms with van der Waals surface area (Å²) in [6.45, 7) is 5.09. The lowest BCUT2D eigenvalue weighted by Gasteiger charge is -2.37. The first kappa shape index (κ1) is 16.1. The van der Waals surface area contributed by atoms with Crippen molar-refractivity contribution in [1.82, 2.24) is 4.90 Å². The quantitative estimate of drug-likeness (QED) is 0.632. The number of carbonyl (C=O) groups is 1. The van der Waals surface area contributed by atoms with E-state index in [0.717, 1.165) is 24.9 Å². The summed E-state index contributed by atoms with van der Waals surface area (Å²) in [7, 11) is 3.56. The van der Waals surface area contributed by atoms with E-state index in [1.807, 2.05) is 30.3 Å². The van der Waals surface area contributed by atoms with Gasteiger partial charge in [0.05, 0.1) is 7.11 Å². The zero-order valence-electron chi connectivity index (χ0n) is 13.9. The van der Waals surface area contributed by atoms with Gasteiger partial charge in [-0.15, -0.1) is 0 Å². The van der Waals surface area contributed by atoms with Crippen molar-refractivity contribution in [3.63, 3.8) is 0 Å². The summed E-state index contributed by atoms with van der Waals surface area (Å²) in [6, 6.07) is 10.1. The predicted octanol–water partition coefficient (Wildman–Crippen LogP) is 2.95. The summed E-state index contributed by atoms with van der Waals surface area (Å²) in [5.74, 6) is 0.713. The van der Waals surface area contributed by atoms with Crippen LogP contribution in [0.1, 0.15) is 24.8 Å². The molecule has 2 fully saturated rings. The standard InChI is InChI=1S/C19H25NO3/c1-13(14-8-5-4-6-9-14)23-16-12-15-10-7-11-20(2)18(15)17(16)19(21)22-3/h4-6,8-9,15-18H,1,7,10-12H2,2-3H3. The van der Waals surface area contributed by atoms with E-state index in [4.69, 9.17) is 9.47 Å². The average Bonchev–Trinajstić information content (AvgIpc) is 2.94. The van der Waals surface area contributed by atoms with Crippen LogP contribution in [-0.4, -0.2) is 43.7 Å². The van der Waals surface area contributed by atoms with E-state index in [9.17, 15) is 4.79 Å². The Morgan fingerprint density at radius 3 is 2.74 bits per heavy atom. The fourth-order valence-electron chi connectivity index (χ4n) is 4.20. The van der Waals surface area contributed by atoms with E-state index in [1.54, 1.807) is 0 Å². The molecule has 2 aliphatic rings. The Balaban J connectivity index is 1.79.